The molecule has 140 valence electrons. The second-order valence-electron chi connectivity index (χ2n) is 5.50. The number of benzene rings is 1. The van der Waals surface area contributed by atoms with Crippen LogP contribution in [0.5, 0.6) is 0 Å². The zero-order chi connectivity index (χ0) is 19.2. The molecule has 0 unspecified atom stereocenters. The third-order valence-electron chi connectivity index (χ3n) is 3.52. The molecule has 0 spiro atoms. The average Bonchev–Trinajstić information content (AvgIpc) is 3.12. The van der Waals surface area contributed by atoms with Gasteiger partial charge in [-0.25, -0.2) is 8.42 Å². The maximum atomic E-state index is 12.9. The minimum Gasteiger partial charge on any atom is -0.468 e. The van der Waals surface area contributed by atoms with Crippen molar-refractivity contribution >= 4 is 21.9 Å². The lowest BCUT2D eigenvalue weighted by atomic mass is 10.2. The van der Waals surface area contributed by atoms with E-state index in [1.165, 1.54) is 25.4 Å². The van der Waals surface area contributed by atoms with E-state index in [1.807, 2.05) is 6.92 Å². The summed E-state index contributed by atoms with van der Waals surface area (Å²) in [7, 11) is -2.56. The number of aryl methyl sites for hydroxylation is 1. The Morgan fingerprint density at radius 3 is 2.46 bits per heavy atom. The normalized spacial score (nSPS) is 11.3. The number of carbonyl (C=O) groups excluding carboxylic acids is 2. The lowest BCUT2D eigenvalue weighted by molar-refractivity contribution is -0.148. The second kappa shape index (κ2) is 8.63. The molecule has 1 aromatic heterocycles. The molecule has 1 N–H and O–H groups in total. The number of amides is 1. The van der Waals surface area contributed by atoms with Gasteiger partial charge in [0.25, 0.3) is 5.91 Å². The Kier molecular flexibility index (Phi) is 6.53. The van der Waals surface area contributed by atoms with Crippen LogP contribution in [0.3, 0.4) is 0 Å². The van der Waals surface area contributed by atoms with Crippen molar-refractivity contribution in [1.29, 1.82) is 0 Å². The topological polar surface area (TPSA) is 106 Å². The molecular formula is C17H20N2O6S. The Labute approximate surface area is 151 Å². The first kappa shape index (κ1) is 19.7. The van der Waals surface area contributed by atoms with Crippen LogP contribution in [0, 0.1) is 6.92 Å². The molecule has 0 aliphatic rings. The zero-order valence-corrected chi connectivity index (χ0v) is 15.3. The number of nitrogens with zero attached hydrogens (tertiary/aromatic N) is 1. The highest BCUT2D eigenvalue weighted by Gasteiger charge is 2.28. The molecule has 2 rings (SSSR count). The standard InChI is InChI=1S/C17H20N2O6S/c1-13-5-7-15(8-6-13)26(22,23)19(10-14-4-3-9-24-14)11-17(21)25-12-16(20)18-2/h3-9H,10-12H2,1-2H3,(H,18,20). The molecule has 0 aliphatic carbocycles. The van der Waals surface area contributed by atoms with Crippen LogP contribution in [0.25, 0.3) is 0 Å². The molecule has 0 bridgehead atoms. The number of rotatable bonds is 8. The molecule has 0 saturated heterocycles. The summed E-state index contributed by atoms with van der Waals surface area (Å²) in [5, 5.41) is 2.31. The van der Waals surface area contributed by atoms with Gasteiger partial charge in [0.1, 0.15) is 12.3 Å². The molecule has 8 nitrogen and oxygen atoms in total. The Morgan fingerprint density at radius 1 is 1.19 bits per heavy atom. The predicted octanol–water partition coefficient (Wildman–Crippen LogP) is 1.07. The van der Waals surface area contributed by atoms with Crippen LogP contribution in [0.2, 0.25) is 0 Å². The number of hydrogen-bond acceptors (Lipinski definition) is 6. The van der Waals surface area contributed by atoms with Gasteiger partial charge in [0.05, 0.1) is 17.7 Å². The lowest BCUT2D eigenvalue weighted by Gasteiger charge is -2.20. The van der Waals surface area contributed by atoms with Crippen LogP contribution in [0.15, 0.2) is 52.0 Å². The van der Waals surface area contributed by atoms with E-state index in [-0.39, 0.29) is 11.4 Å². The minimum absolute atomic E-state index is 0.0498. The van der Waals surface area contributed by atoms with Crippen LogP contribution in [-0.4, -0.2) is 44.8 Å². The van der Waals surface area contributed by atoms with Crippen LogP contribution < -0.4 is 5.32 Å². The van der Waals surface area contributed by atoms with E-state index in [0.717, 1.165) is 9.87 Å². The number of carbonyl (C=O) groups is 2. The highest BCUT2D eigenvalue weighted by Crippen LogP contribution is 2.19. The van der Waals surface area contributed by atoms with Crippen molar-refractivity contribution in [3.63, 3.8) is 0 Å². The van der Waals surface area contributed by atoms with Gasteiger partial charge in [0.2, 0.25) is 10.0 Å². The van der Waals surface area contributed by atoms with Gasteiger partial charge in [-0.1, -0.05) is 17.7 Å². The fourth-order valence-corrected chi connectivity index (χ4v) is 3.42. The first-order valence-corrected chi connectivity index (χ1v) is 9.22. The van der Waals surface area contributed by atoms with E-state index in [0.29, 0.717) is 5.76 Å². The summed E-state index contributed by atoms with van der Waals surface area (Å²) < 4.78 is 36.7. The van der Waals surface area contributed by atoms with E-state index >= 15 is 0 Å². The fraction of sp³-hybridized carbons (Fsp3) is 0.294. The van der Waals surface area contributed by atoms with E-state index in [4.69, 9.17) is 9.15 Å². The van der Waals surface area contributed by atoms with Gasteiger partial charge in [0, 0.05) is 7.05 Å². The highest BCUT2D eigenvalue weighted by molar-refractivity contribution is 7.89. The first-order valence-electron chi connectivity index (χ1n) is 7.78. The number of hydrogen-bond donors (Lipinski definition) is 1. The van der Waals surface area contributed by atoms with Crippen molar-refractivity contribution in [3.8, 4) is 0 Å². The summed E-state index contributed by atoms with van der Waals surface area (Å²) in [5.41, 5.74) is 0.909. The van der Waals surface area contributed by atoms with Gasteiger partial charge in [-0.15, -0.1) is 0 Å². The minimum atomic E-state index is -3.96. The SMILES string of the molecule is CNC(=O)COC(=O)CN(Cc1ccco1)S(=O)(=O)c1ccc(C)cc1. The molecule has 9 heteroatoms. The number of ether oxygens (including phenoxy) is 1. The second-order valence-corrected chi connectivity index (χ2v) is 7.44. The molecule has 26 heavy (non-hydrogen) atoms. The van der Waals surface area contributed by atoms with Gasteiger partial charge >= 0.3 is 5.97 Å². The Bertz CT molecular complexity index is 844. The number of esters is 1. The van der Waals surface area contributed by atoms with Gasteiger partial charge in [-0.05, 0) is 31.2 Å². The highest BCUT2D eigenvalue weighted by atomic mass is 32.2. The molecular weight excluding hydrogens is 360 g/mol. The first-order chi connectivity index (χ1) is 12.3. The number of likely N-dealkylation sites (N-methyl/N-ethyl adjacent to an activating group) is 1. The third kappa shape index (κ3) is 5.17. The smallest absolute Gasteiger partial charge is 0.321 e. The van der Waals surface area contributed by atoms with Gasteiger partial charge in [-0.2, -0.15) is 4.31 Å². The monoisotopic (exact) mass is 380 g/mol. The fourth-order valence-electron chi connectivity index (χ4n) is 2.07. The molecule has 1 aromatic carbocycles. The van der Waals surface area contributed by atoms with Crippen molar-refractivity contribution in [2.45, 2.75) is 18.4 Å². The molecule has 0 radical (unpaired) electrons. The number of nitrogens with one attached hydrogen (secondary N) is 1. The van der Waals surface area contributed by atoms with Crippen LogP contribution in [-0.2, 0) is 30.9 Å². The van der Waals surface area contributed by atoms with Crippen molar-refractivity contribution in [2.75, 3.05) is 20.2 Å². The molecule has 0 aliphatic heterocycles. The quantitative estimate of drug-likeness (QED) is 0.687. The van der Waals surface area contributed by atoms with Crippen LogP contribution in [0.1, 0.15) is 11.3 Å². The summed E-state index contributed by atoms with van der Waals surface area (Å²) in [6.45, 7) is 0.674. The number of furan rings is 1. The molecule has 0 saturated carbocycles. The zero-order valence-electron chi connectivity index (χ0n) is 14.5. The summed E-state index contributed by atoms with van der Waals surface area (Å²) in [5.74, 6) is -0.951. The summed E-state index contributed by atoms with van der Waals surface area (Å²) in [6.07, 6.45) is 1.41. The van der Waals surface area contributed by atoms with Crippen molar-refractivity contribution in [2.24, 2.45) is 0 Å². The van der Waals surface area contributed by atoms with E-state index < -0.39 is 35.1 Å². The molecule has 1 amide bonds. The Morgan fingerprint density at radius 2 is 1.88 bits per heavy atom. The third-order valence-corrected chi connectivity index (χ3v) is 5.33. The van der Waals surface area contributed by atoms with Gasteiger partial charge in [-0.3, -0.25) is 9.59 Å². The van der Waals surface area contributed by atoms with Crippen LogP contribution >= 0.6 is 0 Å². The predicted molar refractivity (Wildman–Crippen MR) is 92.5 cm³/mol. The molecule has 0 atom stereocenters. The largest absolute Gasteiger partial charge is 0.468 e. The van der Waals surface area contributed by atoms with Crippen molar-refractivity contribution < 1.29 is 27.2 Å². The molecule has 2 aromatic rings. The summed E-state index contributed by atoms with van der Waals surface area (Å²) in [6, 6.07) is 9.50. The maximum Gasteiger partial charge on any atom is 0.321 e. The van der Waals surface area contributed by atoms with E-state index in [2.05, 4.69) is 5.32 Å². The number of sulfonamides is 1. The summed E-state index contributed by atoms with van der Waals surface area (Å²) in [4.78, 5) is 23.2. The van der Waals surface area contributed by atoms with Crippen molar-refractivity contribution in [1.82, 2.24) is 9.62 Å². The van der Waals surface area contributed by atoms with E-state index in [9.17, 15) is 18.0 Å². The maximum absolute atomic E-state index is 12.9. The Balaban J connectivity index is 2.21. The Hall–Kier alpha value is -2.65. The molecule has 1 heterocycles. The van der Waals surface area contributed by atoms with Crippen molar-refractivity contribution in [3.05, 3.63) is 54.0 Å². The molecule has 0 fully saturated rings. The average molecular weight is 380 g/mol. The van der Waals surface area contributed by atoms with Crippen LogP contribution in [0.4, 0.5) is 0 Å². The van der Waals surface area contributed by atoms with Gasteiger partial charge in [0.15, 0.2) is 6.61 Å². The van der Waals surface area contributed by atoms with Gasteiger partial charge < -0.3 is 14.5 Å². The van der Waals surface area contributed by atoms with E-state index in [1.54, 1.807) is 24.3 Å². The lowest BCUT2D eigenvalue weighted by Crippen LogP contribution is -2.37. The summed E-state index contributed by atoms with van der Waals surface area (Å²) >= 11 is 0.